The molecule has 0 atom stereocenters. The molecule has 92 valence electrons. The van der Waals surface area contributed by atoms with Crippen molar-refractivity contribution >= 4 is 18.1 Å². The van der Waals surface area contributed by atoms with Gasteiger partial charge >= 0.3 is 0 Å². The Bertz CT molecular complexity index is 622. The number of rotatable bonds is 3. The molecule has 7 heteroatoms. The molecule has 1 aliphatic rings. The predicted molar refractivity (Wildman–Crippen MR) is 67.0 cm³/mol. The van der Waals surface area contributed by atoms with Crippen LogP contribution >= 0.6 is 12.2 Å². The van der Waals surface area contributed by atoms with E-state index in [1.54, 1.807) is 29.2 Å². The highest BCUT2D eigenvalue weighted by atomic mass is 32.1. The minimum Gasteiger partial charge on any atom is -0.348 e. The second kappa shape index (κ2) is 4.34. The SMILES string of the molecule is O=C(NC1CC1)c1cn(-c2ccc(=S)[nH]n2)cn1. The van der Waals surface area contributed by atoms with Crippen LogP contribution in [0, 0.1) is 4.64 Å². The largest absolute Gasteiger partial charge is 0.348 e. The number of carbonyl (C=O) groups excluding carboxylic acids is 1. The Morgan fingerprint density at radius 1 is 1.50 bits per heavy atom. The summed E-state index contributed by atoms with van der Waals surface area (Å²) in [4.78, 5) is 15.8. The number of H-pyrrole nitrogens is 1. The fourth-order valence-corrected chi connectivity index (χ4v) is 1.65. The number of aromatic nitrogens is 4. The number of imidazole rings is 1. The van der Waals surface area contributed by atoms with Gasteiger partial charge in [0.2, 0.25) is 0 Å². The van der Waals surface area contributed by atoms with E-state index in [1.807, 2.05) is 0 Å². The highest BCUT2D eigenvalue weighted by Gasteiger charge is 2.24. The maximum absolute atomic E-state index is 11.8. The second-order valence-electron chi connectivity index (χ2n) is 4.19. The summed E-state index contributed by atoms with van der Waals surface area (Å²) in [6.45, 7) is 0. The summed E-state index contributed by atoms with van der Waals surface area (Å²) in [5.41, 5.74) is 0.395. The van der Waals surface area contributed by atoms with Crippen LogP contribution in [-0.4, -0.2) is 31.7 Å². The molecular formula is C11H11N5OS. The van der Waals surface area contributed by atoms with Gasteiger partial charge in [0, 0.05) is 12.2 Å². The topological polar surface area (TPSA) is 75.6 Å². The Kier molecular flexibility index (Phi) is 2.67. The highest BCUT2D eigenvalue weighted by molar-refractivity contribution is 7.71. The maximum Gasteiger partial charge on any atom is 0.271 e. The molecule has 0 saturated heterocycles. The first-order valence-electron chi connectivity index (χ1n) is 5.63. The number of nitrogens with one attached hydrogen (secondary N) is 2. The van der Waals surface area contributed by atoms with Crippen molar-refractivity contribution in [1.82, 2.24) is 25.1 Å². The van der Waals surface area contributed by atoms with Gasteiger partial charge in [-0.15, -0.1) is 0 Å². The molecule has 18 heavy (non-hydrogen) atoms. The molecule has 0 spiro atoms. The Hall–Kier alpha value is -2.02. The van der Waals surface area contributed by atoms with Gasteiger partial charge in [0.15, 0.2) is 5.82 Å². The smallest absolute Gasteiger partial charge is 0.271 e. The molecule has 0 aliphatic heterocycles. The third kappa shape index (κ3) is 2.30. The van der Waals surface area contributed by atoms with Crippen LogP contribution in [0.4, 0.5) is 0 Å². The lowest BCUT2D eigenvalue weighted by molar-refractivity contribution is 0.0946. The van der Waals surface area contributed by atoms with Crippen molar-refractivity contribution in [3.63, 3.8) is 0 Å². The fraction of sp³-hybridized carbons (Fsp3) is 0.273. The molecule has 0 bridgehead atoms. The summed E-state index contributed by atoms with van der Waals surface area (Å²) in [5.74, 6) is 0.502. The normalized spacial score (nSPS) is 14.4. The fourth-order valence-electron chi connectivity index (χ4n) is 1.53. The van der Waals surface area contributed by atoms with Crippen molar-refractivity contribution < 1.29 is 4.79 Å². The lowest BCUT2D eigenvalue weighted by Gasteiger charge is -1.99. The van der Waals surface area contributed by atoms with Crippen molar-refractivity contribution in [2.45, 2.75) is 18.9 Å². The number of aromatic amines is 1. The van der Waals surface area contributed by atoms with E-state index in [1.165, 1.54) is 0 Å². The van der Waals surface area contributed by atoms with Crippen LogP contribution in [0.3, 0.4) is 0 Å². The van der Waals surface area contributed by atoms with Gasteiger partial charge in [0.25, 0.3) is 5.91 Å². The Labute approximate surface area is 108 Å². The molecule has 1 fully saturated rings. The molecule has 6 nitrogen and oxygen atoms in total. The Balaban J connectivity index is 1.81. The van der Waals surface area contributed by atoms with Crippen molar-refractivity contribution in [3.05, 3.63) is 35.0 Å². The van der Waals surface area contributed by atoms with Crippen LogP contribution < -0.4 is 5.32 Å². The molecule has 0 unspecified atom stereocenters. The van der Waals surface area contributed by atoms with Gasteiger partial charge in [-0.2, -0.15) is 5.10 Å². The standard InChI is InChI=1S/C11H11N5OS/c17-11(13-7-1-2-7)8-5-16(6-12-8)9-3-4-10(18)15-14-9/h3-7H,1-2H2,(H,13,17)(H,15,18). The van der Waals surface area contributed by atoms with Crippen LogP contribution in [-0.2, 0) is 0 Å². The first kappa shape index (κ1) is 11.1. The van der Waals surface area contributed by atoms with E-state index in [0.29, 0.717) is 22.2 Å². The quantitative estimate of drug-likeness (QED) is 0.814. The molecule has 1 aliphatic carbocycles. The number of hydrogen-bond donors (Lipinski definition) is 2. The average molecular weight is 261 g/mol. The maximum atomic E-state index is 11.8. The average Bonchev–Trinajstić information content (AvgIpc) is 3.04. The van der Waals surface area contributed by atoms with Crippen molar-refractivity contribution in [3.8, 4) is 5.82 Å². The zero-order chi connectivity index (χ0) is 12.5. The first-order chi connectivity index (χ1) is 8.72. The minimum absolute atomic E-state index is 0.139. The molecule has 2 aromatic rings. The van der Waals surface area contributed by atoms with Crippen molar-refractivity contribution in [2.24, 2.45) is 0 Å². The number of hydrogen-bond acceptors (Lipinski definition) is 4. The van der Waals surface area contributed by atoms with Gasteiger partial charge in [0.1, 0.15) is 16.7 Å². The van der Waals surface area contributed by atoms with Gasteiger partial charge in [-0.25, -0.2) is 4.98 Å². The van der Waals surface area contributed by atoms with E-state index in [9.17, 15) is 4.79 Å². The minimum atomic E-state index is -0.139. The molecule has 2 aromatic heterocycles. The van der Waals surface area contributed by atoms with Crippen LogP contribution in [0.1, 0.15) is 23.3 Å². The summed E-state index contributed by atoms with van der Waals surface area (Å²) < 4.78 is 2.23. The summed E-state index contributed by atoms with van der Waals surface area (Å²) in [6.07, 6.45) is 5.32. The zero-order valence-corrected chi connectivity index (χ0v) is 10.3. The molecular weight excluding hydrogens is 250 g/mol. The summed E-state index contributed by atoms with van der Waals surface area (Å²) in [7, 11) is 0. The summed E-state index contributed by atoms with van der Waals surface area (Å²) >= 11 is 4.92. The summed E-state index contributed by atoms with van der Waals surface area (Å²) in [6, 6.07) is 3.83. The molecule has 1 amide bonds. The number of amides is 1. The molecule has 1 saturated carbocycles. The third-order valence-corrected chi connectivity index (χ3v) is 2.88. The van der Waals surface area contributed by atoms with Gasteiger partial charge < -0.3 is 5.32 Å². The first-order valence-corrected chi connectivity index (χ1v) is 6.04. The van der Waals surface area contributed by atoms with E-state index in [4.69, 9.17) is 12.2 Å². The monoisotopic (exact) mass is 261 g/mol. The molecule has 3 rings (SSSR count). The van der Waals surface area contributed by atoms with E-state index >= 15 is 0 Å². The van der Waals surface area contributed by atoms with E-state index in [2.05, 4.69) is 20.5 Å². The van der Waals surface area contributed by atoms with Crippen LogP contribution in [0.2, 0.25) is 0 Å². The van der Waals surface area contributed by atoms with Crippen LogP contribution in [0.25, 0.3) is 5.82 Å². The van der Waals surface area contributed by atoms with Crippen LogP contribution in [0.15, 0.2) is 24.7 Å². The third-order valence-electron chi connectivity index (χ3n) is 2.66. The lowest BCUT2D eigenvalue weighted by Crippen LogP contribution is -2.25. The van der Waals surface area contributed by atoms with E-state index < -0.39 is 0 Å². The molecule has 2 N–H and O–H groups in total. The zero-order valence-electron chi connectivity index (χ0n) is 9.46. The molecule has 0 radical (unpaired) electrons. The predicted octanol–water partition coefficient (Wildman–Crippen LogP) is 1.22. The highest BCUT2D eigenvalue weighted by Crippen LogP contribution is 2.19. The van der Waals surface area contributed by atoms with Crippen LogP contribution in [0.5, 0.6) is 0 Å². The van der Waals surface area contributed by atoms with Gasteiger partial charge in [-0.3, -0.25) is 14.5 Å². The Morgan fingerprint density at radius 2 is 2.33 bits per heavy atom. The molecule has 2 heterocycles. The second-order valence-corrected chi connectivity index (χ2v) is 4.63. The van der Waals surface area contributed by atoms with E-state index in [0.717, 1.165) is 12.8 Å². The Morgan fingerprint density at radius 3 is 3.00 bits per heavy atom. The lowest BCUT2D eigenvalue weighted by atomic mass is 10.4. The van der Waals surface area contributed by atoms with E-state index in [-0.39, 0.29) is 5.91 Å². The number of carbonyl (C=O) groups is 1. The van der Waals surface area contributed by atoms with Gasteiger partial charge in [-0.1, -0.05) is 12.2 Å². The number of nitrogens with zero attached hydrogens (tertiary/aromatic N) is 3. The molecule has 0 aromatic carbocycles. The van der Waals surface area contributed by atoms with Gasteiger partial charge in [0.05, 0.1) is 0 Å². The van der Waals surface area contributed by atoms with Gasteiger partial charge in [-0.05, 0) is 25.0 Å². The van der Waals surface area contributed by atoms with Crippen molar-refractivity contribution in [2.75, 3.05) is 0 Å². The summed E-state index contributed by atoms with van der Waals surface area (Å²) in [5, 5.41) is 9.64. The van der Waals surface area contributed by atoms with Crippen molar-refractivity contribution in [1.29, 1.82) is 0 Å².